The Labute approximate surface area is 212 Å². The van der Waals surface area contributed by atoms with Gasteiger partial charge >= 0.3 is 5.97 Å². The Morgan fingerprint density at radius 1 is 1.14 bits per heavy atom. The smallest absolute Gasteiger partial charge is 0.340 e. The second-order valence-corrected chi connectivity index (χ2v) is 13.9. The number of benzene rings is 2. The first-order valence-corrected chi connectivity index (χ1v) is 14.8. The molecule has 1 N–H and O–H groups in total. The fourth-order valence-electron chi connectivity index (χ4n) is 3.90. The zero-order valence-electron chi connectivity index (χ0n) is 21.1. The molecule has 36 heavy (non-hydrogen) atoms. The van der Waals surface area contributed by atoms with Gasteiger partial charge in [-0.1, -0.05) is 45.0 Å². The van der Waals surface area contributed by atoms with E-state index >= 15 is 0 Å². The highest BCUT2D eigenvalue weighted by Gasteiger charge is 2.33. The number of amides is 1. The summed E-state index contributed by atoms with van der Waals surface area (Å²) in [7, 11) is -5.74. The Bertz CT molecular complexity index is 1380. The molecule has 1 aliphatic rings. The Morgan fingerprint density at radius 2 is 1.81 bits per heavy atom. The summed E-state index contributed by atoms with van der Waals surface area (Å²) in [5.41, 5.74) is 1.11. The van der Waals surface area contributed by atoms with Crippen LogP contribution < -0.4 is 4.72 Å². The Hall–Kier alpha value is -2.92. The zero-order valence-corrected chi connectivity index (χ0v) is 22.7. The minimum Gasteiger partial charge on any atom is -0.452 e. The Kier molecular flexibility index (Phi) is 7.85. The summed E-state index contributed by atoms with van der Waals surface area (Å²) in [5, 5.41) is 0. The van der Waals surface area contributed by atoms with Crippen molar-refractivity contribution in [3.8, 4) is 0 Å². The van der Waals surface area contributed by atoms with E-state index in [-0.39, 0.29) is 33.1 Å². The van der Waals surface area contributed by atoms with Crippen molar-refractivity contribution >= 4 is 37.4 Å². The summed E-state index contributed by atoms with van der Waals surface area (Å²) in [6, 6.07) is 10.7. The first-order chi connectivity index (χ1) is 16.6. The first kappa shape index (κ1) is 27.7. The lowest BCUT2D eigenvalue weighted by atomic mass is 9.87. The van der Waals surface area contributed by atoms with Gasteiger partial charge in [-0.25, -0.2) is 21.6 Å². The van der Waals surface area contributed by atoms with Crippen molar-refractivity contribution in [3.63, 3.8) is 0 Å². The lowest BCUT2D eigenvalue weighted by Gasteiger charge is -2.23. The van der Waals surface area contributed by atoms with Crippen LogP contribution in [0.25, 0.3) is 0 Å². The number of sulfone groups is 1. The topological polar surface area (TPSA) is 127 Å². The number of likely N-dealkylation sites (N-methyl/N-ethyl adjacent to an activating group) is 1. The van der Waals surface area contributed by atoms with Gasteiger partial charge in [-0.15, -0.1) is 0 Å². The van der Waals surface area contributed by atoms with Gasteiger partial charge in [-0.05, 0) is 48.1 Å². The number of rotatable bonds is 7. The molecule has 2 aromatic rings. The number of carbonyl (C=O) groups excluding carboxylic acids is 2. The fourth-order valence-corrected chi connectivity index (χ4v) is 7.02. The van der Waals surface area contributed by atoms with Crippen LogP contribution in [-0.4, -0.2) is 64.8 Å². The van der Waals surface area contributed by atoms with Gasteiger partial charge < -0.3 is 9.64 Å². The van der Waals surface area contributed by atoms with Crippen molar-refractivity contribution in [1.29, 1.82) is 0 Å². The highest BCUT2D eigenvalue weighted by molar-refractivity contribution is 7.92. The fraction of sp³-hybridized carbons (Fsp3) is 0.440. The van der Waals surface area contributed by atoms with E-state index in [2.05, 4.69) is 4.72 Å². The van der Waals surface area contributed by atoms with Crippen LogP contribution in [0, 0.1) is 6.92 Å². The average Bonchev–Trinajstić information content (AvgIpc) is 3.15. The lowest BCUT2D eigenvalue weighted by molar-refractivity contribution is -0.134. The average molecular weight is 537 g/mol. The van der Waals surface area contributed by atoms with Gasteiger partial charge in [0.2, 0.25) is 0 Å². The molecule has 11 heteroatoms. The van der Waals surface area contributed by atoms with E-state index in [1.165, 1.54) is 24.1 Å². The van der Waals surface area contributed by atoms with Crippen molar-refractivity contribution in [1.82, 2.24) is 4.90 Å². The van der Waals surface area contributed by atoms with Crippen molar-refractivity contribution in [2.75, 3.05) is 29.9 Å². The number of carbonyl (C=O) groups is 2. The Morgan fingerprint density at radius 3 is 2.42 bits per heavy atom. The number of hydrogen-bond acceptors (Lipinski definition) is 7. The standard InChI is InChI=1S/C25H32N2O7S2/c1-17-10-11-18(25(2,3)4)14-22(17)36(32,33)26-21-9-7-6-8-20(21)24(29)34-15-23(28)27(5)19-12-13-35(30,31)16-19/h6-11,14,19,26H,12-13,15-16H2,1-5H3. The SMILES string of the molecule is Cc1ccc(C(C)(C)C)cc1S(=O)(=O)Nc1ccccc1C(=O)OCC(=O)N(C)C1CCS(=O)(=O)C1. The summed E-state index contributed by atoms with van der Waals surface area (Å²) in [5.74, 6) is -1.53. The molecule has 196 valence electrons. The molecular weight excluding hydrogens is 504 g/mol. The molecule has 1 amide bonds. The molecule has 3 rings (SSSR count). The maximum atomic E-state index is 13.3. The number of hydrogen-bond donors (Lipinski definition) is 1. The number of nitrogens with zero attached hydrogens (tertiary/aromatic N) is 1. The van der Waals surface area contributed by atoms with Crippen LogP contribution in [-0.2, 0) is 34.8 Å². The number of esters is 1. The molecule has 1 unspecified atom stereocenters. The molecule has 2 aromatic carbocycles. The van der Waals surface area contributed by atoms with Crippen LogP contribution in [0.2, 0.25) is 0 Å². The second-order valence-electron chi connectivity index (χ2n) is 10.0. The highest BCUT2D eigenvalue weighted by atomic mass is 32.2. The number of anilines is 1. The second kappa shape index (κ2) is 10.2. The summed E-state index contributed by atoms with van der Waals surface area (Å²) >= 11 is 0. The largest absolute Gasteiger partial charge is 0.452 e. The molecule has 0 spiro atoms. The molecule has 0 bridgehead atoms. The quantitative estimate of drug-likeness (QED) is 0.539. The third-order valence-corrected chi connectivity index (χ3v) is 9.47. The van der Waals surface area contributed by atoms with Gasteiger partial charge in [0, 0.05) is 13.1 Å². The van der Waals surface area contributed by atoms with Gasteiger partial charge in [-0.3, -0.25) is 9.52 Å². The van der Waals surface area contributed by atoms with Gasteiger partial charge in [-0.2, -0.15) is 0 Å². The predicted octanol–water partition coefficient (Wildman–Crippen LogP) is 2.90. The van der Waals surface area contributed by atoms with E-state index in [4.69, 9.17) is 4.74 Å². The van der Waals surface area contributed by atoms with Crippen LogP contribution in [0.15, 0.2) is 47.4 Å². The summed E-state index contributed by atoms with van der Waals surface area (Å²) in [4.78, 5) is 26.6. The van der Waals surface area contributed by atoms with Crippen LogP contribution in [0.1, 0.15) is 48.7 Å². The number of nitrogens with one attached hydrogen (secondary N) is 1. The van der Waals surface area contributed by atoms with Crippen LogP contribution in [0.5, 0.6) is 0 Å². The normalized spacial score (nSPS) is 17.4. The van der Waals surface area contributed by atoms with E-state index in [0.717, 1.165) is 5.56 Å². The van der Waals surface area contributed by atoms with Crippen LogP contribution in [0.4, 0.5) is 5.69 Å². The van der Waals surface area contributed by atoms with Gasteiger partial charge in [0.05, 0.1) is 27.7 Å². The minimum atomic E-state index is -4.04. The van der Waals surface area contributed by atoms with Crippen molar-refractivity contribution in [3.05, 3.63) is 59.2 Å². The molecular formula is C25H32N2O7S2. The van der Waals surface area contributed by atoms with Crippen LogP contribution in [0.3, 0.4) is 0 Å². The van der Waals surface area contributed by atoms with Crippen molar-refractivity contribution < 1.29 is 31.2 Å². The van der Waals surface area contributed by atoms with Gasteiger partial charge in [0.25, 0.3) is 15.9 Å². The summed E-state index contributed by atoms with van der Waals surface area (Å²) in [6.07, 6.45) is 0.332. The molecule has 0 aromatic heterocycles. The van der Waals surface area contributed by atoms with E-state index < -0.39 is 44.4 Å². The molecule has 9 nitrogen and oxygen atoms in total. The number of ether oxygens (including phenoxy) is 1. The molecule has 1 atom stereocenters. The third kappa shape index (κ3) is 6.44. The Balaban J connectivity index is 1.76. The highest BCUT2D eigenvalue weighted by Crippen LogP contribution is 2.28. The maximum absolute atomic E-state index is 13.3. The predicted molar refractivity (Wildman–Crippen MR) is 137 cm³/mol. The summed E-state index contributed by atoms with van der Waals surface area (Å²) in [6.45, 7) is 7.05. The van der Waals surface area contributed by atoms with E-state index in [1.807, 2.05) is 26.8 Å². The molecule has 0 saturated carbocycles. The molecule has 1 fully saturated rings. The molecule has 1 saturated heterocycles. The lowest BCUT2D eigenvalue weighted by Crippen LogP contribution is -2.40. The van der Waals surface area contributed by atoms with Gasteiger partial charge in [0.1, 0.15) is 0 Å². The first-order valence-electron chi connectivity index (χ1n) is 11.5. The molecule has 1 heterocycles. The van der Waals surface area contributed by atoms with E-state index in [0.29, 0.717) is 12.0 Å². The third-order valence-electron chi connectivity index (χ3n) is 6.21. The van der Waals surface area contributed by atoms with Crippen molar-refractivity contribution in [2.45, 2.75) is 50.5 Å². The van der Waals surface area contributed by atoms with E-state index in [1.54, 1.807) is 31.2 Å². The van der Waals surface area contributed by atoms with Gasteiger partial charge in [0.15, 0.2) is 16.4 Å². The number of aryl methyl sites for hydroxylation is 1. The molecule has 0 radical (unpaired) electrons. The van der Waals surface area contributed by atoms with Crippen molar-refractivity contribution in [2.24, 2.45) is 0 Å². The monoisotopic (exact) mass is 536 g/mol. The maximum Gasteiger partial charge on any atom is 0.340 e. The number of sulfonamides is 1. The van der Waals surface area contributed by atoms with Crippen LogP contribution >= 0.6 is 0 Å². The molecule has 1 aliphatic heterocycles. The molecule has 0 aliphatic carbocycles. The number of para-hydroxylation sites is 1. The zero-order chi connectivity index (χ0) is 26.9. The minimum absolute atomic E-state index is 0.0146. The van der Waals surface area contributed by atoms with E-state index in [9.17, 15) is 26.4 Å². The summed E-state index contributed by atoms with van der Waals surface area (Å²) < 4.78 is 57.5.